The Morgan fingerprint density at radius 3 is 2.19 bits per heavy atom. The van der Waals surface area contributed by atoms with Gasteiger partial charge in [-0.25, -0.2) is 0 Å². The number of hydrazine groups is 1. The summed E-state index contributed by atoms with van der Waals surface area (Å²) in [5.74, 6) is -1.17. The summed E-state index contributed by atoms with van der Waals surface area (Å²) in [6.45, 7) is 15.3. The first-order chi connectivity index (χ1) is 31.7. The summed E-state index contributed by atoms with van der Waals surface area (Å²) >= 11 is 0. The van der Waals surface area contributed by atoms with Gasteiger partial charge in [-0.3, -0.25) is 34.7 Å². The molecule has 1 aliphatic heterocycles. The molecule has 0 bridgehead atoms. The van der Waals surface area contributed by atoms with E-state index in [1.54, 1.807) is 0 Å². The molecule has 1 heterocycles. The number of nitrogens with one attached hydrogen (secondary N) is 1. The third kappa shape index (κ3) is 8.57. The molecule has 0 unspecified atom stereocenters. The number of hydrogen-bond acceptors (Lipinski definition) is 17. The Morgan fingerprint density at radius 1 is 0.868 bits per heavy atom. The van der Waals surface area contributed by atoms with E-state index >= 15 is 0 Å². The van der Waals surface area contributed by atoms with Crippen LogP contribution in [0.1, 0.15) is 119 Å². The Hall–Kier alpha value is -4.70. The van der Waals surface area contributed by atoms with Crippen molar-refractivity contribution in [3.63, 3.8) is 0 Å². The Labute approximate surface area is 396 Å². The van der Waals surface area contributed by atoms with Gasteiger partial charge in [0.2, 0.25) is 17.3 Å². The topological polar surface area (TPSA) is 292 Å². The predicted molar refractivity (Wildman–Crippen MR) is 242 cm³/mol. The molecule has 13 atom stereocenters. The number of allylic oxidation sites excluding steroid dienone is 2. The van der Waals surface area contributed by atoms with E-state index in [-0.39, 0.29) is 63.0 Å². The standard InChI is InChI=1S/C47H70N6O15/c1-42(2)17-19-47(41(59)67-40-39(58)38(57)37(56)32(25-54)65-40)20-18-45(6)26(27(47)24-42)10-11-34-44(5)15-13-35(43(3,4)33(44)12-16-46(34,45)7)66-36(55)14-21-48-28-22-31(68-49-53(64)50(8)9)30(52(62)63)23-29(28)51(60)61/h10,22-23,27,32-35,37-40,48,54,56-58H,11-21,24-25H2,1-9H3/b53-49-/t27-,32+,33-,34+,35-,37-,38-,39+,40-,44-,45+,46+,47-/m0/s1. The van der Waals surface area contributed by atoms with Gasteiger partial charge in [-0.05, 0) is 104 Å². The van der Waals surface area contributed by atoms with Crippen LogP contribution in [0.15, 0.2) is 29.1 Å². The van der Waals surface area contributed by atoms with Gasteiger partial charge in [0, 0.05) is 18.0 Å². The van der Waals surface area contributed by atoms with Crippen LogP contribution in [0.3, 0.4) is 0 Å². The molecule has 4 saturated carbocycles. The van der Waals surface area contributed by atoms with Gasteiger partial charge in [-0.2, -0.15) is 5.01 Å². The molecule has 0 spiro atoms. The molecule has 21 nitrogen and oxygen atoms in total. The quantitative estimate of drug-likeness (QED) is 0.0373. The minimum absolute atomic E-state index is 0.0259. The monoisotopic (exact) mass is 958 g/mol. The molecule has 378 valence electrons. The number of ether oxygens (including phenoxy) is 3. The van der Waals surface area contributed by atoms with Gasteiger partial charge in [-0.15, -0.1) is 0 Å². The van der Waals surface area contributed by atoms with E-state index in [1.807, 2.05) is 0 Å². The summed E-state index contributed by atoms with van der Waals surface area (Å²) in [5, 5.41) is 84.1. The number of carbonyl (C=O) groups excluding carboxylic acids is 2. The molecule has 68 heavy (non-hydrogen) atoms. The zero-order chi connectivity index (χ0) is 50.1. The first kappa shape index (κ1) is 51.2. The molecule has 6 aliphatic rings. The number of nitrogens with zero attached hydrogens (tertiary/aromatic N) is 5. The van der Waals surface area contributed by atoms with Gasteiger partial charge >= 0.3 is 17.6 Å². The molecule has 0 amide bonds. The van der Waals surface area contributed by atoms with Gasteiger partial charge in [0.1, 0.15) is 42.3 Å². The maximum absolute atomic E-state index is 14.6. The average Bonchev–Trinajstić information content (AvgIpc) is 3.26. The molecule has 7 rings (SSSR count). The lowest BCUT2D eigenvalue weighted by molar-refractivity contribution is -0.695. The highest BCUT2D eigenvalue weighted by molar-refractivity contribution is 5.79. The molecular formula is C47H70N6O15. The summed E-state index contributed by atoms with van der Waals surface area (Å²) in [7, 11) is 2.72. The van der Waals surface area contributed by atoms with Gasteiger partial charge in [-0.1, -0.05) is 60.1 Å². The van der Waals surface area contributed by atoms with E-state index < -0.39 is 93.2 Å². The number of nitro benzene ring substituents is 2. The second-order valence-electron chi connectivity index (χ2n) is 22.6. The van der Waals surface area contributed by atoms with Gasteiger partial charge in [0.05, 0.1) is 47.4 Å². The number of hydrogen-bond donors (Lipinski definition) is 5. The third-order valence-electron chi connectivity index (χ3n) is 18.0. The number of esters is 2. The third-order valence-corrected chi connectivity index (χ3v) is 18.0. The Bertz CT molecular complexity index is 2220. The first-order valence-electron chi connectivity index (χ1n) is 23.8. The molecular weight excluding hydrogens is 889 g/mol. The molecule has 5 N–H and O–H groups in total. The summed E-state index contributed by atoms with van der Waals surface area (Å²) in [6.07, 6.45) is 1.71. The van der Waals surface area contributed by atoms with E-state index in [0.717, 1.165) is 56.0 Å². The number of aliphatic hydroxyl groups is 4. The predicted octanol–water partition coefficient (Wildman–Crippen LogP) is 6.09. The molecule has 5 aliphatic carbocycles. The molecule has 1 aromatic carbocycles. The molecule has 5 fully saturated rings. The number of rotatable bonds is 13. The highest BCUT2D eigenvalue weighted by Gasteiger charge is 2.70. The Morgan fingerprint density at radius 2 is 1.54 bits per heavy atom. The number of aliphatic hydroxyl groups excluding tert-OH is 4. The lowest BCUT2D eigenvalue weighted by Crippen LogP contribution is -2.65. The summed E-state index contributed by atoms with van der Waals surface area (Å²) in [4.78, 5) is 55.1. The fourth-order valence-corrected chi connectivity index (χ4v) is 13.9. The van der Waals surface area contributed by atoms with Crippen molar-refractivity contribution in [1.29, 1.82) is 0 Å². The van der Waals surface area contributed by atoms with E-state index in [4.69, 9.17) is 19.0 Å². The van der Waals surface area contributed by atoms with Crippen LogP contribution in [-0.2, 0) is 23.8 Å². The number of nitro groups is 2. The zero-order valence-electron chi connectivity index (χ0n) is 40.6. The van der Waals surface area contributed by atoms with Crippen LogP contribution in [0, 0.1) is 75.7 Å². The van der Waals surface area contributed by atoms with Crippen molar-refractivity contribution in [3.8, 4) is 5.75 Å². The largest absolute Gasteiger partial charge is 0.569 e. The Kier molecular flexibility index (Phi) is 13.7. The van der Waals surface area contributed by atoms with Gasteiger partial charge in [0.25, 0.3) is 5.69 Å². The van der Waals surface area contributed by atoms with Crippen LogP contribution in [0.2, 0.25) is 0 Å². The number of carbonyl (C=O) groups is 2. The van der Waals surface area contributed by atoms with Crippen LogP contribution in [-0.4, -0.2) is 116 Å². The van der Waals surface area contributed by atoms with Crippen LogP contribution in [0.4, 0.5) is 17.1 Å². The second-order valence-corrected chi connectivity index (χ2v) is 22.6. The van der Waals surface area contributed by atoms with Crippen molar-refractivity contribution in [3.05, 3.63) is 49.2 Å². The zero-order valence-corrected chi connectivity index (χ0v) is 40.6. The lowest BCUT2D eigenvalue weighted by Gasteiger charge is -2.71. The van der Waals surface area contributed by atoms with E-state index in [1.165, 1.54) is 19.7 Å². The molecule has 1 saturated heterocycles. The van der Waals surface area contributed by atoms with Crippen molar-refractivity contribution >= 4 is 29.0 Å². The second kappa shape index (κ2) is 18.2. The summed E-state index contributed by atoms with van der Waals surface area (Å²) in [5.41, 5.74) is -2.18. The highest BCUT2D eigenvalue weighted by Crippen LogP contribution is 2.76. The first-order valence-corrected chi connectivity index (χ1v) is 23.8. The van der Waals surface area contributed by atoms with Crippen molar-refractivity contribution in [2.24, 2.45) is 55.5 Å². The molecule has 0 aromatic heterocycles. The molecule has 1 aromatic rings. The van der Waals surface area contributed by atoms with Gasteiger partial charge in [0.15, 0.2) is 0 Å². The minimum Gasteiger partial charge on any atom is -0.569 e. The van der Waals surface area contributed by atoms with Crippen molar-refractivity contribution in [2.75, 3.05) is 32.6 Å². The average molecular weight is 959 g/mol. The molecule has 0 radical (unpaired) electrons. The highest BCUT2D eigenvalue weighted by atomic mass is 16.7. The van der Waals surface area contributed by atoms with E-state index in [0.29, 0.717) is 25.3 Å². The van der Waals surface area contributed by atoms with E-state index in [2.05, 4.69) is 65.1 Å². The van der Waals surface area contributed by atoms with Crippen molar-refractivity contribution in [2.45, 2.75) is 156 Å². The van der Waals surface area contributed by atoms with Crippen LogP contribution >= 0.6 is 0 Å². The number of fused-ring (bicyclic) bond motifs is 7. The lowest BCUT2D eigenvalue weighted by atomic mass is 9.33. The fourth-order valence-electron chi connectivity index (χ4n) is 13.9. The smallest absolute Gasteiger partial charge is 0.321 e. The summed E-state index contributed by atoms with van der Waals surface area (Å²) in [6, 6.07) is 1.68. The minimum atomic E-state index is -1.69. The van der Waals surface area contributed by atoms with Crippen LogP contribution < -0.4 is 10.2 Å². The van der Waals surface area contributed by atoms with Crippen LogP contribution in [0.25, 0.3) is 0 Å². The van der Waals surface area contributed by atoms with Gasteiger partial charge < -0.3 is 45.2 Å². The number of anilines is 1. The van der Waals surface area contributed by atoms with E-state index in [9.17, 15) is 55.5 Å². The van der Waals surface area contributed by atoms with Crippen LogP contribution in [0.5, 0.6) is 5.75 Å². The maximum Gasteiger partial charge on any atom is 0.321 e. The van der Waals surface area contributed by atoms with Crippen molar-refractivity contribution in [1.82, 2.24) is 5.01 Å². The fraction of sp³-hybridized carbons (Fsp3) is 0.787. The number of benzene rings is 1. The van der Waals surface area contributed by atoms with Crippen molar-refractivity contribution < 1.29 is 63.9 Å². The summed E-state index contributed by atoms with van der Waals surface area (Å²) < 4.78 is 17.9. The SMILES string of the molecule is CN(C)/[N+]([O-])=N/Oc1cc(NCCC(=O)O[C@H]2CC[C@]3(C)[C@H]4CC=C5[C@@H]6CC(C)(C)CC[C@]6(C(=O)O[C@@H]6O[C@H](CO)[C@H](O)[C@H](O)[C@H]6O)CC[C@@]5(C)[C@]4(C)CC[C@H]3C2(C)C)c([N+](=O)[O-])cc1[N+](=O)[O-]. The molecule has 21 heteroatoms. The Balaban J connectivity index is 1.06. The maximum atomic E-state index is 14.6. The normalized spacial score (nSPS) is 38.2.